The number of nitriles is 1. The van der Waals surface area contributed by atoms with Gasteiger partial charge in [-0.15, -0.1) is 0 Å². The Labute approximate surface area is 208 Å². The van der Waals surface area contributed by atoms with E-state index in [1.165, 1.54) is 4.57 Å². The Hall–Kier alpha value is -4.57. The molecule has 0 radical (unpaired) electrons. The normalized spacial score (nSPS) is 12.2. The molecule has 2 aromatic heterocycles. The van der Waals surface area contributed by atoms with E-state index in [1.54, 1.807) is 22.8 Å². The highest BCUT2D eigenvalue weighted by molar-refractivity contribution is 5.88. The van der Waals surface area contributed by atoms with Crippen molar-refractivity contribution >= 4 is 27.9 Å². The maximum absolute atomic E-state index is 13.9. The number of nitrogens with zero attached hydrogens (tertiary/aromatic N) is 4. The van der Waals surface area contributed by atoms with Crippen LogP contribution in [0.4, 0.5) is 0 Å². The molecule has 1 atom stereocenters. The minimum absolute atomic E-state index is 0.151. The molecule has 0 saturated carbocycles. The molecular weight excluding hydrogens is 452 g/mol. The first kappa shape index (κ1) is 23.2. The smallest absolute Gasteiger partial charge is 0.330 e. The van der Waals surface area contributed by atoms with Gasteiger partial charge in [-0.1, -0.05) is 36.4 Å². The monoisotopic (exact) mass is 478 g/mol. The number of benzene rings is 3. The predicted molar refractivity (Wildman–Crippen MR) is 139 cm³/mol. The second kappa shape index (κ2) is 8.90. The third-order valence-electron chi connectivity index (χ3n) is 6.80. The minimum atomic E-state index is -1.12. The number of imidazole rings is 1. The van der Waals surface area contributed by atoms with E-state index in [0.29, 0.717) is 16.6 Å². The number of aliphatic carboxylic acids is 1. The molecule has 0 aliphatic heterocycles. The van der Waals surface area contributed by atoms with E-state index in [1.807, 2.05) is 43.6 Å². The molecule has 1 N–H and O–H groups in total. The van der Waals surface area contributed by atoms with E-state index in [9.17, 15) is 20.0 Å². The summed E-state index contributed by atoms with van der Waals surface area (Å²) in [4.78, 5) is 26.3. The van der Waals surface area contributed by atoms with Gasteiger partial charge in [-0.3, -0.25) is 9.13 Å². The highest BCUT2D eigenvalue weighted by Crippen LogP contribution is 2.28. The number of hydrogen-bond donors (Lipinski definition) is 1. The number of rotatable bonds is 6. The molecule has 7 heteroatoms. The Morgan fingerprint density at radius 2 is 1.78 bits per heavy atom. The van der Waals surface area contributed by atoms with Crippen molar-refractivity contribution in [3.8, 4) is 6.07 Å². The molecule has 0 unspecified atom stereocenters. The molecule has 0 bridgehead atoms. The van der Waals surface area contributed by atoms with Crippen LogP contribution in [-0.2, 0) is 24.8 Å². The van der Waals surface area contributed by atoms with E-state index in [2.05, 4.69) is 36.6 Å². The van der Waals surface area contributed by atoms with Crippen LogP contribution in [0.15, 0.2) is 71.7 Å². The number of carboxylic acids is 1. The third-order valence-corrected chi connectivity index (χ3v) is 6.80. The Morgan fingerprint density at radius 1 is 1.03 bits per heavy atom. The zero-order valence-electron chi connectivity index (χ0n) is 20.4. The molecule has 0 fully saturated rings. The highest BCUT2D eigenvalue weighted by Gasteiger charge is 2.27. The average Bonchev–Trinajstić information content (AvgIpc) is 3.31. The van der Waals surface area contributed by atoms with Crippen LogP contribution < -0.4 is 5.69 Å². The highest BCUT2D eigenvalue weighted by atomic mass is 16.4. The molecule has 0 aliphatic rings. The molecule has 7 nitrogen and oxygen atoms in total. The number of aromatic nitrogens is 3. The van der Waals surface area contributed by atoms with Crippen LogP contribution in [-0.4, -0.2) is 24.8 Å². The van der Waals surface area contributed by atoms with Crippen LogP contribution >= 0.6 is 0 Å². The van der Waals surface area contributed by atoms with Crippen molar-refractivity contribution in [2.45, 2.75) is 32.9 Å². The van der Waals surface area contributed by atoms with Gasteiger partial charge in [0.05, 0.1) is 29.2 Å². The van der Waals surface area contributed by atoms with Gasteiger partial charge in [-0.05, 0) is 60.4 Å². The van der Waals surface area contributed by atoms with E-state index in [0.717, 1.165) is 33.2 Å². The molecule has 3 aromatic carbocycles. The maximum Gasteiger partial charge on any atom is 0.330 e. The van der Waals surface area contributed by atoms with Gasteiger partial charge in [0, 0.05) is 30.6 Å². The Balaban J connectivity index is 1.72. The maximum atomic E-state index is 13.9. The number of aryl methyl sites for hydroxylation is 3. The van der Waals surface area contributed by atoms with E-state index < -0.39 is 17.7 Å². The number of hydrogen-bond acceptors (Lipinski definition) is 3. The summed E-state index contributed by atoms with van der Waals surface area (Å²) >= 11 is 0. The lowest BCUT2D eigenvalue weighted by Crippen LogP contribution is -2.32. The molecule has 0 amide bonds. The zero-order chi connectivity index (χ0) is 25.6. The van der Waals surface area contributed by atoms with Crippen LogP contribution in [0.1, 0.15) is 33.9 Å². The van der Waals surface area contributed by atoms with Crippen LogP contribution in [0.3, 0.4) is 0 Å². The first-order valence-corrected chi connectivity index (χ1v) is 11.7. The fourth-order valence-electron chi connectivity index (χ4n) is 5.23. The van der Waals surface area contributed by atoms with Crippen molar-refractivity contribution in [1.82, 2.24) is 13.7 Å². The molecule has 5 rings (SSSR count). The summed E-state index contributed by atoms with van der Waals surface area (Å²) in [6.45, 7) is 4.40. The lowest BCUT2D eigenvalue weighted by atomic mass is 10.0. The van der Waals surface area contributed by atoms with Crippen molar-refractivity contribution in [2.24, 2.45) is 7.05 Å². The van der Waals surface area contributed by atoms with E-state index in [-0.39, 0.29) is 13.0 Å². The SMILES string of the molecule is Cc1cc(C)c2c(Cn3c(=O)n([C@@H](Cc4ccccc4)C(=O)O)c4cc(C#N)ccc43)cn(C)c2c1. The number of carbonyl (C=O) groups is 1. The van der Waals surface area contributed by atoms with Gasteiger partial charge in [0.15, 0.2) is 0 Å². The largest absolute Gasteiger partial charge is 0.480 e. The van der Waals surface area contributed by atoms with Gasteiger partial charge in [0.1, 0.15) is 6.04 Å². The van der Waals surface area contributed by atoms with Crippen LogP contribution in [0, 0.1) is 25.2 Å². The second-order valence-electron chi connectivity index (χ2n) is 9.34. The van der Waals surface area contributed by atoms with Crippen molar-refractivity contribution in [1.29, 1.82) is 5.26 Å². The number of carboxylic acid groups (broad SMARTS) is 1. The van der Waals surface area contributed by atoms with Gasteiger partial charge in [0.25, 0.3) is 0 Å². The van der Waals surface area contributed by atoms with E-state index >= 15 is 0 Å². The van der Waals surface area contributed by atoms with Gasteiger partial charge >= 0.3 is 11.7 Å². The van der Waals surface area contributed by atoms with Crippen molar-refractivity contribution in [3.05, 3.63) is 105 Å². The predicted octanol–water partition coefficient (Wildman–Crippen LogP) is 4.70. The molecule has 5 aromatic rings. The molecular formula is C29H26N4O3. The Kier molecular flexibility index (Phi) is 5.73. The topological polar surface area (TPSA) is 93.0 Å². The quantitative estimate of drug-likeness (QED) is 0.383. The first-order valence-electron chi connectivity index (χ1n) is 11.7. The van der Waals surface area contributed by atoms with Crippen LogP contribution in [0.5, 0.6) is 0 Å². The fourth-order valence-corrected chi connectivity index (χ4v) is 5.23. The van der Waals surface area contributed by atoms with E-state index in [4.69, 9.17) is 0 Å². The number of fused-ring (bicyclic) bond motifs is 2. The molecule has 36 heavy (non-hydrogen) atoms. The van der Waals surface area contributed by atoms with Crippen molar-refractivity contribution < 1.29 is 9.90 Å². The van der Waals surface area contributed by atoms with Crippen LogP contribution in [0.2, 0.25) is 0 Å². The molecule has 0 saturated heterocycles. The Morgan fingerprint density at radius 3 is 2.47 bits per heavy atom. The second-order valence-corrected chi connectivity index (χ2v) is 9.34. The lowest BCUT2D eigenvalue weighted by Gasteiger charge is -2.14. The molecule has 0 aliphatic carbocycles. The third kappa shape index (κ3) is 3.87. The summed E-state index contributed by atoms with van der Waals surface area (Å²) in [5, 5.41) is 20.7. The summed E-state index contributed by atoms with van der Waals surface area (Å²) < 4.78 is 5.00. The van der Waals surface area contributed by atoms with Gasteiger partial charge in [-0.2, -0.15) is 5.26 Å². The molecule has 2 heterocycles. The summed E-state index contributed by atoms with van der Waals surface area (Å²) in [5.41, 5.74) is 6.15. The Bertz CT molecular complexity index is 1730. The summed E-state index contributed by atoms with van der Waals surface area (Å²) in [7, 11) is 1.98. The average molecular weight is 479 g/mol. The van der Waals surface area contributed by atoms with Crippen molar-refractivity contribution in [3.63, 3.8) is 0 Å². The summed E-state index contributed by atoms with van der Waals surface area (Å²) in [6.07, 6.45) is 2.17. The first-order chi connectivity index (χ1) is 17.3. The van der Waals surface area contributed by atoms with Gasteiger partial charge in [0.2, 0.25) is 0 Å². The molecule has 180 valence electrons. The fraction of sp³-hybridized carbons (Fsp3) is 0.207. The zero-order valence-corrected chi connectivity index (χ0v) is 20.4. The van der Waals surface area contributed by atoms with Gasteiger partial charge < -0.3 is 9.67 Å². The van der Waals surface area contributed by atoms with Crippen molar-refractivity contribution in [2.75, 3.05) is 0 Å². The summed E-state index contributed by atoms with van der Waals surface area (Å²) in [6, 6.07) is 19.5. The summed E-state index contributed by atoms with van der Waals surface area (Å²) in [5.74, 6) is -1.10. The lowest BCUT2D eigenvalue weighted by molar-refractivity contribution is -0.140. The van der Waals surface area contributed by atoms with Crippen LogP contribution in [0.25, 0.3) is 21.9 Å². The standard InChI is InChI=1S/C29H26N4O3/c1-18-11-19(2)27-22(16-31(3)25(27)12-18)17-32-23-10-9-21(15-30)14-24(23)33(29(32)36)26(28(34)35)13-20-7-5-4-6-8-20/h4-12,14,16,26H,13,17H2,1-3H3,(H,34,35)/t26-/m0/s1. The minimum Gasteiger partial charge on any atom is -0.480 e. The molecule has 0 spiro atoms. The van der Waals surface area contributed by atoms with Gasteiger partial charge in [-0.25, -0.2) is 9.59 Å².